The summed E-state index contributed by atoms with van der Waals surface area (Å²) >= 11 is 0. The first-order valence-electron chi connectivity index (χ1n) is 9.85. The summed E-state index contributed by atoms with van der Waals surface area (Å²) in [6.45, 7) is 2.15. The number of nitrogens with zero attached hydrogens (tertiary/aromatic N) is 3. The Hall–Kier alpha value is -3.56. The zero-order chi connectivity index (χ0) is 22.7. The molecule has 10 nitrogen and oxygen atoms in total. The Kier molecular flexibility index (Phi) is 6.47. The van der Waals surface area contributed by atoms with Gasteiger partial charge in [-0.2, -0.15) is 5.10 Å². The zero-order valence-corrected chi connectivity index (χ0v) is 17.7. The van der Waals surface area contributed by atoms with Crippen LogP contribution in [-0.4, -0.2) is 64.9 Å². The van der Waals surface area contributed by atoms with Gasteiger partial charge in [0, 0.05) is 25.4 Å². The molecule has 3 rings (SSSR count). The first kappa shape index (κ1) is 22.1. The van der Waals surface area contributed by atoms with E-state index in [4.69, 9.17) is 20.3 Å². The predicted octanol–water partition coefficient (Wildman–Crippen LogP) is 2.04. The molecule has 1 aliphatic rings. The van der Waals surface area contributed by atoms with Crippen molar-refractivity contribution in [2.45, 2.75) is 31.7 Å². The number of ketones is 1. The highest BCUT2D eigenvalue weighted by atomic mass is 16.5. The van der Waals surface area contributed by atoms with Gasteiger partial charge in [0.1, 0.15) is 17.3 Å². The van der Waals surface area contributed by atoms with Gasteiger partial charge >= 0.3 is 6.09 Å². The van der Waals surface area contributed by atoms with Gasteiger partial charge in [0.15, 0.2) is 0 Å². The average Bonchev–Trinajstić information content (AvgIpc) is 3.18. The number of primary amides is 1. The van der Waals surface area contributed by atoms with Crippen LogP contribution in [-0.2, 0) is 4.79 Å². The summed E-state index contributed by atoms with van der Waals surface area (Å²) in [5.74, 6) is -0.746. The van der Waals surface area contributed by atoms with Crippen LogP contribution in [0.5, 0.6) is 11.5 Å². The number of Topliss-reactive ketones (excluding diaryl/α,β-unsaturated/α-hetero) is 1. The third-order valence-electron chi connectivity index (χ3n) is 5.52. The van der Waals surface area contributed by atoms with Gasteiger partial charge in [0.2, 0.25) is 0 Å². The smallest absolute Gasteiger partial charge is 0.407 e. The van der Waals surface area contributed by atoms with Crippen LogP contribution >= 0.6 is 0 Å². The first-order chi connectivity index (χ1) is 14.7. The molecular formula is C21H26N4O6. The minimum absolute atomic E-state index is 0.102. The quantitative estimate of drug-likeness (QED) is 0.686. The number of likely N-dealkylation sites (tertiary alicyclic amines) is 1. The molecule has 2 aromatic rings. The fourth-order valence-electron chi connectivity index (χ4n) is 3.90. The van der Waals surface area contributed by atoms with Crippen LogP contribution in [0.4, 0.5) is 4.79 Å². The van der Waals surface area contributed by atoms with E-state index in [1.807, 2.05) is 0 Å². The number of piperidine rings is 1. The van der Waals surface area contributed by atoms with Crippen molar-refractivity contribution in [1.29, 1.82) is 0 Å². The molecule has 3 N–H and O–H groups in total. The van der Waals surface area contributed by atoms with Crippen LogP contribution in [0.1, 0.15) is 53.3 Å². The summed E-state index contributed by atoms with van der Waals surface area (Å²) in [5, 5.41) is 13.7. The summed E-state index contributed by atoms with van der Waals surface area (Å²) in [6, 6.07) is 4.98. The molecule has 31 heavy (non-hydrogen) atoms. The highest BCUT2D eigenvalue weighted by Crippen LogP contribution is 2.34. The Labute approximate surface area is 179 Å². The van der Waals surface area contributed by atoms with Crippen molar-refractivity contribution in [3.8, 4) is 11.5 Å². The van der Waals surface area contributed by atoms with E-state index in [1.54, 1.807) is 29.1 Å². The van der Waals surface area contributed by atoms with Crippen LogP contribution in [0.2, 0.25) is 0 Å². The van der Waals surface area contributed by atoms with E-state index in [9.17, 15) is 14.4 Å². The van der Waals surface area contributed by atoms with E-state index in [0.717, 1.165) is 0 Å². The second-order valence-electron chi connectivity index (χ2n) is 7.46. The van der Waals surface area contributed by atoms with Gasteiger partial charge in [-0.3, -0.25) is 14.3 Å². The lowest BCUT2D eigenvalue weighted by molar-refractivity contribution is -0.117. The summed E-state index contributed by atoms with van der Waals surface area (Å²) < 4.78 is 12.2. The van der Waals surface area contributed by atoms with Gasteiger partial charge in [0.05, 0.1) is 37.4 Å². The molecule has 1 unspecified atom stereocenters. The molecule has 1 aromatic carbocycles. The van der Waals surface area contributed by atoms with Crippen LogP contribution in [0.15, 0.2) is 24.4 Å². The number of rotatable bonds is 7. The second kappa shape index (κ2) is 9.07. The Morgan fingerprint density at radius 2 is 1.71 bits per heavy atom. The maximum absolute atomic E-state index is 12.7. The molecule has 0 bridgehead atoms. The number of carbonyl (C=O) groups is 3. The van der Waals surface area contributed by atoms with Crippen molar-refractivity contribution >= 4 is 17.8 Å². The minimum Gasteiger partial charge on any atom is -0.497 e. The number of nitrogens with two attached hydrogens (primary N) is 1. The molecule has 1 saturated heterocycles. The molecule has 0 saturated carbocycles. The number of aromatic nitrogens is 2. The Bertz CT molecular complexity index is 972. The molecule has 1 fully saturated rings. The van der Waals surface area contributed by atoms with E-state index < -0.39 is 17.9 Å². The topological polar surface area (TPSA) is 137 Å². The number of hydrogen-bond donors (Lipinski definition) is 2. The van der Waals surface area contributed by atoms with Crippen molar-refractivity contribution in [2.24, 2.45) is 5.73 Å². The highest BCUT2D eigenvalue weighted by molar-refractivity contribution is 5.97. The number of ether oxygens (including phenoxy) is 2. The standard InChI is InChI=1S/C21H26N4O6/c1-12(26)18(13-8-15(30-2)10-16(9-13)31-3)19-17(20(22)27)11-25(23-19)14-4-6-24(7-5-14)21(28)29/h8-11,14,18H,4-7H2,1-3H3,(H2,22,27)(H,28,29). The van der Waals surface area contributed by atoms with Crippen LogP contribution in [0.25, 0.3) is 0 Å². The summed E-state index contributed by atoms with van der Waals surface area (Å²) in [5.41, 5.74) is 6.59. The van der Waals surface area contributed by atoms with Gasteiger partial charge in [-0.05, 0) is 37.5 Å². The fourth-order valence-corrected chi connectivity index (χ4v) is 3.90. The number of amides is 2. The van der Waals surface area contributed by atoms with Crippen molar-refractivity contribution < 1.29 is 29.0 Å². The van der Waals surface area contributed by atoms with E-state index >= 15 is 0 Å². The van der Waals surface area contributed by atoms with E-state index in [2.05, 4.69) is 5.10 Å². The first-order valence-corrected chi connectivity index (χ1v) is 9.85. The van der Waals surface area contributed by atoms with Gasteiger partial charge < -0.3 is 25.2 Å². The highest BCUT2D eigenvalue weighted by Gasteiger charge is 2.31. The number of hydrogen-bond acceptors (Lipinski definition) is 6. The molecule has 10 heteroatoms. The van der Waals surface area contributed by atoms with Crippen LogP contribution in [0, 0.1) is 0 Å². The molecule has 1 atom stereocenters. The van der Waals surface area contributed by atoms with Crippen LogP contribution < -0.4 is 15.2 Å². The molecular weight excluding hydrogens is 404 g/mol. The summed E-state index contributed by atoms with van der Waals surface area (Å²) in [6.07, 6.45) is 1.68. The molecule has 0 aliphatic carbocycles. The summed E-state index contributed by atoms with van der Waals surface area (Å²) in [7, 11) is 3.02. The third kappa shape index (κ3) is 4.62. The number of methoxy groups -OCH3 is 2. The molecule has 2 heterocycles. The van der Waals surface area contributed by atoms with E-state index in [-0.39, 0.29) is 23.1 Å². The zero-order valence-electron chi connectivity index (χ0n) is 17.7. The number of benzene rings is 1. The van der Waals surface area contributed by atoms with Gasteiger partial charge in [0.25, 0.3) is 5.91 Å². The maximum atomic E-state index is 12.7. The molecule has 0 spiro atoms. The van der Waals surface area contributed by atoms with Crippen molar-refractivity contribution in [3.63, 3.8) is 0 Å². The number of carbonyl (C=O) groups excluding carboxylic acids is 2. The van der Waals surface area contributed by atoms with E-state index in [1.165, 1.54) is 26.0 Å². The van der Waals surface area contributed by atoms with Crippen molar-refractivity contribution in [3.05, 3.63) is 41.2 Å². The average molecular weight is 430 g/mol. The lowest BCUT2D eigenvalue weighted by atomic mass is 9.89. The lowest BCUT2D eigenvalue weighted by Crippen LogP contribution is -2.38. The largest absolute Gasteiger partial charge is 0.497 e. The van der Waals surface area contributed by atoms with E-state index in [0.29, 0.717) is 43.0 Å². The molecule has 166 valence electrons. The fraction of sp³-hybridized carbons (Fsp3) is 0.429. The molecule has 0 radical (unpaired) electrons. The molecule has 1 aliphatic heterocycles. The Balaban J connectivity index is 2.02. The van der Waals surface area contributed by atoms with Crippen LogP contribution in [0.3, 0.4) is 0 Å². The minimum atomic E-state index is -0.957. The normalized spacial score (nSPS) is 15.4. The van der Waals surface area contributed by atoms with Gasteiger partial charge in [-0.1, -0.05) is 0 Å². The maximum Gasteiger partial charge on any atom is 0.407 e. The Morgan fingerprint density at radius 3 is 2.16 bits per heavy atom. The Morgan fingerprint density at radius 1 is 1.13 bits per heavy atom. The van der Waals surface area contributed by atoms with Gasteiger partial charge in [-0.25, -0.2) is 4.79 Å². The lowest BCUT2D eigenvalue weighted by Gasteiger charge is -2.30. The molecule has 1 aromatic heterocycles. The second-order valence-corrected chi connectivity index (χ2v) is 7.46. The van der Waals surface area contributed by atoms with Crippen molar-refractivity contribution in [1.82, 2.24) is 14.7 Å². The van der Waals surface area contributed by atoms with Crippen molar-refractivity contribution in [2.75, 3.05) is 27.3 Å². The monoisotopic (exact) mass is 430 g/mol. The molecule has 2 amide bonds. The van der Waals surface area contributed by atoms with Gasteiger partial charge in [-0.15, -0.1) is 0 Å². The number of carboxylic acid groups (broad SMARTS) is 1. The summed E-state index contributed by atoms with van der Waals surface area (Å²) in [4.78, 5) is 37.4. The SMILES string of the molecule is COc1cc(OC)cc(C(C(C)=O)c2nn(C3CCN(C(=O)O)CC3)cc2C(N)=O)c1. The third-order valence-corrected chi connectivity index (χ3v) is 5.52. The predicted molar refractivity (Wildman–Crippen MR) is 111 cm³/mol.